The van der Waals surface area contributed by atoms with Crippen molar-refractivity contribution < 1.29 is 36.7 Å². The summed E-state index contributed by atoms with van der Waals surface area (Å²) < 4.78 is 64.4. The van der Waals surface area contributed by atoms with Crippen molar-refractivity contribution in [1.29, 1.82) is 0 Å². The maximum atomic E-state index is 14.5. The first kappa shape index (κ1) is 22.4. The lowest BCUT2D eigenvalue weighted by atomic mass is 10.1. The Morgan fingerprint density at radius 2 is 1.86 bits per heavy atom. The first-order valence-electron chi connectivity index (χ1n) is 7.52. The maximum Gasteiger partial charge on any atom is 0.436 e. The number of alkyl halides is 3. The first-order valence-corrected chi connectivity index (χ1v) is 8.65. The third-order valence-electron chi connectivity index (χ3n) is 3.41. The fourth-order valence-electron chi connectivity index (χ4n) is 2.31. The fraction of sp³-hybridized carbons (Fsp3) is 0.312. The summed E-state index contributed by atoms with van der Waals surface area (Å²) in [5, 5.41) is -1.71. The van der Waals surface area contributed by atoms with Gasteiger partial charge in [-0.2, -0.15) is 17.9 Å². The highest BCUT2D eigenvalue weighted by atomic mass is 35.5. The molecule has 0 bridgehead atoms. The van der Waals surface area contributed by atoms with Gasteiger partial charge in [0.25, 0.3) is 0 Å². The van der Waals surface area contributed by atoms with E-state index in [1.165, 1.54) is 0 Å². The summed E-state index contributed by atoms with van der Waals surface area (Å²) in [5.74, 6) is -1.92. The zero-order valence-corrected chi connectivity index (χ0v) is 16.6. The number of nitrogens with zero attached hydrogens (tertiary/aromatic N) is 1. The fourth-order valence-corrected chi connectivity index (χ4v) is 3.29. The standard InChI is InChI=1S/C16H12Cl3F4NO4/c1-3-27-11(25)6-28-10-4-7(9(20)5-8(10)17)12-13(18)14(16(21,22)23)24(26-2)15(12)19/h4-5H,3,6H2,1-2H3. The molecule has 28 heavy (non-hydrogen) atoms. The summed E-state index contributed by atoms with van der Waals surface area (Å²) in [7, 11) is 0.938. The topological polar surface area (TPSA) is 49.7 Å². The van der Waals surface area contributed by atoms with Gasteiger partial charge in [-0.05, 0) is 19.1 Å². The Kier molecular flexibility index (Phi) is 6.95. The summed E-state index contributed by atoms with van der Waals surface area (Å²) >= 11 is 17.7. The molecule has 0 saturated carbocycles. The van der Waals surface area contributed by atoms with Gasteiger partial charge in [0.15, 0.2) is 17.5 Å². The predicted octanol–water partition coefficient (Wildman–Crippen LogP) is 5.27. The quantitative estimate of drug-likeness (QED) is 0.431. The van der Waals surface area contributed by atoms with Crippen LogP contribution in [0.15, 0.2) is 12.1 Å². The average Bonchev–Trinajstić information content (AvgIpc) is 2.84. The number of carbonyl (C=O) groups is 1. The molecule has 0 spiro atoms. The number of halogens is 7. The molecule has 0 saturated heterocycles. The molecule has 0 aliphatic carbocycles. The van der Waals surface area contributed by atoms with Crippen LogP contribution in [-0.4, -0.2) is 31.0 Å². The number of rotatable bonds is 6. The Labute approximate surface area is 171 Å². The summed E-state index contributed by atoms with van der Waals surface area (Å²) in [6.45, 7) is 1.15. The molecule has 0 fully saturated rings. The second-order valence-electron chi connectivity index (χ2n) is 5.16. The molecule has 0 aliphatic rings. The van der Waals surface area contributed by atoms with Gasteiger partial charge >= 0.3 is 12.1 Å². The molecule has 1 heterocycles. The largest absolute Gasteiger partial charge is 0.480 e. The van der Waals surface area contributed by atoms with Crippen LogP contribution in [0.2, 0.25) is 15.2 Å². The zero-order chi connectivity index (χ0) is 21.2. The summed E-state index contributed by atoms with van der Waals surface area (Å²) in [6.07, 6.45) is -4.93. The Balaban J connectivity index is 2.58. The van der Waals surface area contributed by atoms with Crippen molar-refractivity contribution >= 4 is 40.8 Å². The van der Waals surface area contributed by atoms with Crippen LogP contribution in [0.1, 0.15) is 12.6 Å². The van der Waals surface area contributed by atoms with Gasteiger partial charge in [0.05, 0.1) is 16.7 Å². The van der Waals surface area contributed by atoms with Crippen LogP contribution in [0.5, 0.6) is 5.75 Å². The third-order valence-corrected chi connectivity index (χ3v) is 4.41. The van der Waals surface area contributed by atoms with E-state index in [0.717, 1.165) is 19.2 Å². The average molecular weight is 465 g/mol. The Bertz CT molecular complexity index is 899. The molecule has 1 aromatic heterocycles. The maximum absolute atomic E-state index is 14.5. The number of aromatic nitrogens is 1. The number of hydrogen-bond donors (Lipinski definition) is 0. The molecule has 154 valence electrons. The number of carbonyl (C=O) groups excluding carboxylic acids is 1. The van der Waals surface area contributed by atoms with Crippen LogP contribution in [0.25, 0.3) is 11.1 Å². The normalized spacial score (nSPS) is 11.5. The second kappa shape index (κ2) is 8.67. The van der Waals surface area contributed by atoms with Gasteiger partial charge < -0.3 is 14.3 Å². The highest BCUT2D eigenvalue weighted by molar-refractivity contribution is 6.40. The van der Waals surface area contributed by atoms with E-state index in [2.05, 4.69) is 9.57 Å². The molecule has 0 unspecified atom stereocenters. The van der Waals surface area contributed by atoms with Gasteiger partial charge in [0.2, 0.25) is 0 Å². The molecular weight excluding hydrogens is 453 g/mol. The number of esters is 1. The molecule has 12 heteroatoms. The highest BCUT2D eigenvalue weighted by Crippen LogP contribution is 2.47. The molecule has 1 aromatic carbocycles. The number of ether oxygens (including phenoxy) is 2. The molecule has 0 atom stereocenters. The molecule has 5 nitrogen and oxygen atoms in total. The Hall–Kier alpha value is -1.84. The molecule has 0 radical (unpaired) electrons. The van der Waals surface area contributed by atoms with Crippen LogP contribution in [0.4, 0.5) is 17.6 Å². The lowest BCUT2D eigenvalue weighted by Crippen LogP contribution is -2.18. The lowest BCUT2D eigenvalue weighted by Gasteiger charge is -2.11. The number of hydrogen-bond acceptors (Lipinski definition) is 4. The predicted molar refractivity (Wildman–Crippen MR) is 94.5 cm³/mol. The van der Waals surface area contributed by atoms with Gasteiger partial charge in [0.1, 0.15) is 18.7 Å². The van der Waals surface area contributed by atoms with Gasteiger partial charge in [-0.1, -0.05) is 34.8 Å². The molecule has 0 N–H and O–H groups in total. The third kappa shape index (κ3) is 4.42. The van der Waals surface area contributed by atoms with Crippen LogP contribution in [0.3, 0.4) is 0 Å². The van der Waals surface area contributed by atoms with Crippen LogP contribution in [0, 0.1) is 5.82 Å². The molecule has 2 aromatic rings. The van der Waals surface area contributed by atoms with Gasteiger partial charge in [-0.25, -0.2) is 9.18 Å². The van der Waals surface area contributed by atoms with Crippen molar-refractivity contribution in [2.45, 2.75) is 13.1 Å². The van der Waals surface area contributed by atoms with Crippen LogP contribution in [-0.2, 0) is 15.7 Å². The van der Waals surface area contributed by atoms with E-state index in [1.54, 1.807) is 6.92 Å². The Morgan fingerprint density at radius 3 is 2.36 bits per heavy atom. The van der Waals surface area contributed by atoms with Crippen LogP contribution < -0.4 is 9.57 Å². The van der Waals surface area contributed by atoms with E-state index in [9.17, 15) is 22.4 Å². The molecular formula is C16H12Cl3F4NO4. The smallest absolute Gasteiger partial charge is 0.436 e. The van der Waals surface area contributed by atoms with E-state index in [1.807, 2.05) is 0 Å². The molecule has 2 rings (SSSR count). The van der Waals surface area contributed by atoms with E-state index in [-0.39, 0.29) is 22.1 Å². The van der Waals surface area contributed by atoms with E-state index < -0.39 is 51.6 Å². The number of benzene rings is 1. The van der Waals surface area contributed by atoms with E-state index >= 15 is 0 Å². The molecule has 0 aliphatic heterocycles. The van der Waals surface area contributed by atoms with Crippen molar-refractivity contribution in [2.24, 2.45) is 0 Å². The minimum atomic E-state index is -4.93. The summed E-state index contributed by atoms with van der Waals surface area (Å²) in [6, 6.07) is 1.77. The summed E-state index contributed by atoms with van der Waals surface area (Å²) in [5.41, 5.74) is -2.33. The van der Waals surface area contributed by atoms with E-state index in [0.29, 0.717) is 0 Å². The minimum Gasteiger partial charge on any atom is -0.480 e. The lowest BCUT2D eigenvalue weighted by molar-refractivity contribution is -0.150. The van der Waals surface area contributed by atoms with Crippen LogP contribution >= 0.6 is 34.8 Å². The van der Waals surface area contributed by atoms with Crippen molar-refractivity contribution in [3.05, 3.63) is 38.8 Å². The second-order valence-corrected chi connectivity index (χ2v) is 6.30. The highest BCUT2D eigenvalue weighted by Gasteiger charge is 2.42. The van der Waals surface area contributed by atoms with Crippen molar-refractivity contribution in [2.75, 3.05) is 20.3 Å². The SMILES string of the molecule is CCOC(=O)COc1cc(-c2c(Cl)c(C(F)(F)F)n(OC)c2Cl)c(F)cc1Cl. The molecule has 0 amide bonds. The van der Waals surface area contributed by atoms with Gasteiger partial charge in [-0.15, -0.1) is 0 Å². The monoisotopic (exact) mass is 463 g/mol. The Morgan fingerprint density at radius 1 is 1.21 bits per heavy atom. The summed E-state index contributed by atoms with van der Waals surface area (Å²) in [4.78, 5) is 16.0. The first-order chi connectivity index (χ1) is 13.0. The van der Waals surface area contributed by atoms with E-state index in [4.69, 9.17) is 39.5 Å². The van der Waals surface area contributed by atoms with Gasteiger partial charge in [-0.3, -0.25) is 0 Å². The van der Waals surface area contributed by atoms with Crippen molar-refractivity contribution in [3.8, 4) is 16.9 Å². The zero-order valence-electron chi connectivity index (χ0n) is 14.3. The minimum absolute atomic E-state index is 0.112. The van der Waals surface area contributed by atoms with Gasteiger partial charge in [0, 0.05) is 11.1 Å². The van der Waals surface area contributed by atoms with Crippen molar-refractivity contribution in [3.63, 3.8) is 0 Å². The van der Waals surface area contributed by atoms with Crippen molar-refractivity contribution in [1.82, 2.24) is 4.73 Å².